The van der Waals surface area contributed by atoms with Crippen LogP contribution in [0.1, 0.15) is 68.6 Å². The third-order valence-electron chi connectivity index (χ3n) is 8.85. The minimum atomic E-state index is 0.115. The summed E-state index contributed by atoms with van der Waals surface area (Å²) < 4.78 is 0. The molecule has 0 bridgehead atoms. The maximum atomic E-state index is 5.83. The molecule has 3 heterocycles. The van der Waals surface area contributed by atoms with Crippen LogP contribution in [0.5, 0.6) is 0 Å². The van der Waals surface area contributed by atoms with Crippen molar-refractivity contribution >= 4 is 34.9 Å². The molecule has 0 amide bonds. The molecule has 6 rings (SSSR count). The molecule has 1 saturated carbocycles. The maximum absolute atomic E-state index is 5.83. The lowest BCUT2D eigenvalue weighted by molar-refractivity contribution is 0.292. The summed E-state index contributed by atoms with van der Waals surface area (Å²) in [5, 5.41) is 7.53. The van der Waals surface area contributed by atoms with Gasteiger partial charge in [-0.25, -0.2) is 0 Å². The molecule has 0 radical (unpaired) electrons. The lowest BCUT2D eigenvalue weighted by atomic mass is 9.69. The van der Waals surface area contributed by atoms with Gasteiger partial charge in [-0.1, -0.05) is 80.8 Å². The number of anilines is 3. The standard InChI is InChI=1S/C32H40N6S/c1-24-11-10-18-37(20-24)28-19-29(38-21-25-12-6-7-13-26(25)22-38)35-30(34-28)36-31(39)33-23-32(16-8-3-9-17-32)27-14-4-2-5-15-27/h2,4-7,12-15,19,24H,3,8-11,16-18,20-23H2,1H3,(H2,33,34,35,36,39). The molecule has 2 aliphatic heterocycles. The maximum Gasteiger partial charge on any atom is 0.232 e. The van der Waals surface area contributed by atoms with Gasteiger partial charge >= 0.3 is 0 Å². The van der Waals surface area contributed by atoms with E-state index in [4.69, 9.17) is 22.2 Å². The van der Waals surface area contributed by atoms with E-state index in [1.165, 1.54) is 61.6 Å². The number of thiocarbonyl (C=S) groups is 1. The van der Waals surface area contributed by atoms with E-state index in [-0.39, 0.29) is 5.41 Å². The molecule has 1 atom stereocenters. The van der Waals surface area contributed by atoms with Crippen LogP contribution in [0.3, 0.4) is 0 Å². The number of nitrogens with zero attached hydrogens (tertiary/aromatic N) is 4. The number of benzene rings is 2. The molecule has 39 heavy (non-hydrogen) atoms. The molecule has 1 unspecified atom stereocenters. The van der Waals surface area contributed by atoms with Gasteiger partial charge in [0.1, 0.15) is 11.6 Å². The molecule has 3 aliphatic rings. The number of piperidine rings is 1. The van der Waals surface area contributed by atoms with Crippen molar-refractivity contribution < 1.29 is 0 Å². The summed E-state index contributed by atoms with van der Waals surface area (Å²) in [6.45, 7) is 6.94. The Morgan fingerprint density at radius 3 is 2.26 bits per heavy atom. The molecule has 7 heteroatoms. The van der Waals surface area contributed by atoms with E-state index in [0.717, 1.165) is 44.4 Å². The lowest BCUT2D eigenvalue weighted by Crippen LogP contribution is -2.43. The molecule has 204 valence electrons. The third kappa shape index (κ3) is 5.88. The van der Waals surface area contributed by atoms with Crippen LogP contribution >= 0.6 is 12.2 Å². The van der Waals surface area contributed by atoms with Crippen molar-refractivity contribution in [3.8, 4) is 0 Å². The second-order valence-corrected chi connectivity index (χ2v) is 12.1. The fourth-order valence-electron chi connectivity index (χ4n) is 6.68. The van der Waals surface area contributed by atoms with Gasteiger partial charge in [-0.2, -0.15) is 9.97 Å². The molecule has 2 N–H and O–H groups in total. The van der Waals surface area contributed by atoms with E-state index in [1.54, 1.807) is 0 Å². The van der Waals surface area contributed by atoms with Crippen LogP contribution < -0.4 is 20.4 Å². The smallest absolute Gasteiger partial charge is 0.232 e. The van der Waals surface area contributed by atoms with Crippen molar-refractivity contribution in [3.63, 3.8) is 0 Å². The first-order chi connectivity index (χ1) is 19.1. The fraction of sp³-hybridized carbons (Fsp3) is 0.469. The Hall–Kier alpha value is -3.19. The Morgan fingerprint density at radius 1 is 0.897 bits per heavy atom. The highest BCUT2D eigenvalue weighted by molar-refractivity contribution is 7.80. The molecule has 0 spiro atoms. The van der Waals surface area contributed by atoms with Crippen molar-refractivity contribution in [2.24, 2.45) is 5.92 Å². The monoisotopic (exact) mass is 540 g/mol. The van der Waals surface area contributed by atoms with E-state index < -0.39 is 0 Å². The Balaban J connectivity index is 1.21. The van der Waals surface area contributed by atoms with Crippen molar-refractivity contribution in [1.82, 2.24) is 15.3 Å². The first-order valence-corrected chi connectivity index (χ1v) is 15.0. The van der Waals surface area contributed by atoms with Crippen LogP contribution in [0.25, 0.3) is 0 Å². The summed E-state index contributed by atoms with van der Waals surface area (Å²) in [7, 11) is 0. The number of nitrogens with one attached hydrogen (secondary N) is 2. The average molecular weight is 541 g/mol. The summed E-state index contributed by atoms with van der Waals surface area (Å²) in [6, 6.07) is 21.8. The third-order valence-corrected chi connectivity index (χ3v) is 9.10. The van der Waals surface area contributed by atoms with E-state index in [0.29, 0.717) is 17.0 Å². The van der Waals surface area contributed by atoms with Gasteiger partial charge in [0.2, 0.25) is 5.95 Å². The van der Waals surface area contributed by atoms with Crippen LogP contribution in [0.4, 0.5) is 17.6 Å². The van der Waals surface area contributed by atoms with Crippen molar-refractivity contribution in [2.75, 3.05) is 34.8 Å². The predicted molar refractivity (Wildman–Crippen MR) is 164 cm³/mol. The zero-order valence-corrected chi connectivity index (χ0v) is 23.8. The van der Waals surface area contributed by atoms with Crippen molar-refractivity contribution in [1.29, 1.82) is 0 Å². The Labute approximate surface area is 238 Å². The van der Waals surface area contributed by atoms with E-state index in [2.05, 4.69) is 88.0 Å². The lowest BCUT2D eigenvalue weighted by Gasteiger charge is -2.38. The number of fused-ring (bicyclic) bond motifs is 1. The number of aromatic nitrogens is 2. The second kappa shape index (κ2) is 11.5. The minimum Gasteiger partial charge on any atom is -0.361 e. The molecule has 6 nitrogen and oxygen atoms in total. The number of hydrogen-bond donors (Lipinski definition) is 2. The SMILES string of the molecule is CC1CCCN(c2cc(N3Cc4ccccc4C3)nc(NC(=S)NCC3(c4ccccc4)CCCCC3)n2)C1. The molecule has 1 aromatic heterocycles. The summed E-state index contributed by atoms with van der Waals surface area (Å²) in [6.07, 6.45) is 8.68. The van der Waals surface area contributed by atoms with E-state index >= 15 is 0 Å². The molecule has 2 fully saturated rings. The first-order valence-electron chi connectivity index (χ1n) is 14.6. The zero-order valence-electron chi connectivity index (χ0n) is 23.0. The second-order valence-electron chi connectivity index (χ2n) is 11.7. The topological polar surface area (TPSA) is 56.3 Å². The van der Waals surface area contributed by atoms with Gasteiger partial charge in [0.25, 0.3) is 0 Å². The summed E-state index contributed by atoms with van der Waals surface area (Å²) >= 11 is 5.83. The van der Waals surface area contributed by atoms with E-state index in [9.17, 15) is 0 Å². The average Bonchev–Trinajstić information content (AvgIpc) is 3.42. The van der Waals surface area contributed by atoms with Gasteiger partial charge in [-0.05, 0) is 60.5 Å². The minimum absolute atomic E-state index is 0.115. The van der Waals surface area contributed by atoms with Gasteiger partial charge in [0.15, 0.2) is 5.11 Å². The highest BCUT2D eigenvalue weighted by atomic mass is 32.1. The fourth-order valence-corrected chi connectivity index (χ4v) is 6.84. The van der Waals surface area contributed by atoms with Crippen LogP contribution in [0.2, 0.25) is 0 Å². The largest absolute Gasteiger partial charge is 0.361 e. The van der Waals surface area contributed by atoms with E-state index in [1.807, 2.05) is 0 Å². The molecule has 2 aromatic carbocycles. The molecule has 3 aromatic rings. The molecular formula is C32H40N6S. The highest BCUT2D eigenvalue weighted by Gasteiger charge is 2.34. The van der Waals surface area contributed by atoms with Gasteiger partial charge in [0.05, 0.1) is 0 Å². The van der Waals surface area contributed by atoms with Crippen molar-refractivity contribution in [2.45, 2.75) is 70.4 Å². The predicted octanol–water partition coefficient (Wildman–Crippen LogP) is 6.42. The Kier molecular flexibility index (Phi) is 7.69. The van der Waals surface area contributed by atoms with Gasteiger partial charge < -0.3 is 20.4 Å². The molecule has 1 aliphatic carbocycles. The number of hydrogen-bond acceptors (Lipinski definition) is 5. The van der Waals surface area contributed by atoms with Crippen LogP contribution in [0.15, 0.2) is 60.7 Å². The summed E-state index contributed by atoms with van der Waals surface area (Å²) in [5.41, 5.74) is 4.27. The van der Waals surface area contributed by atoms with Crippen LogP contribution in [0, 0.1) is 5.92 Å². The van der Waals surface area contributed by atoms with Gasteiger partial charge in [-0.15, -0.1) is 0 Å². The molecule has 1 saturated heterocycles. The van der Waals surface area contributed by atoms with Crippen molar-refractivity contribution in [3.05, 3.63) is 77.4 Å². The summed E-state index contributed by atoms with van der Waals surface area (Å²) in [4.78, 5) is 14.7. The molecular weight excluding hydrogens is 500 g/mol. The highest BCUT2D eigenvalue weighted by Crippen LogP contribution is 2.39. The van der Waals surface area contributed by atoms with Gasteiger partial charge in [-0.3, -0.25) is 0 Å². The normalized spacial score (nSPS) is 20.4. The van der Waals surface area contributed by atoms with Crippen LogP contribution in [-0.4, -0.2) is 34.7 Å². The Morgan fingerprint density at radius 2 is 1.56 bits per heavy atom. The van der Waals surface area contributed by atoms with Crippen LogP contribution in [-0.2, 0) is 18.5 Å². The zero-order chi connectivity index (χ0) is 26.7. The Bertz CT molecular complexity index is 1260. The van der Waals surface area contributed by atoms with Gasteiger partial charge in [0, 0.05) is 44.2 Å². The number of rotatable bonds is 6. The summed E-state index contributed by atoms with van der Waals surface area (Å²) in [5.74, 6) is 3.18. The first kappa shape index (κ1) is 26.1. The quantitative estimate of drug-likeness (QED) is 0.350.